The van der Waals surface area contributed by atoms with Gasteiger partial charge in [-0.15, -0.1) is 11.3 Å². The lowest BCUT2D eigenvalue weighted by molar-refractivity contribution is -0.157. The summed E-state index contributed by atoms with van der Waals surface area (Å²) in [4.78, 5) is 19.0. The summed E-state index contributed by atoms with van der Waals surface area (Å²) in [6, 6.07) is 3.73. The Kier molecular flexibility index (Phi) is 10.4. The number of hydrogen-bond acceptors (Lipinski definition) is 6. The number of thiazole rings is 1. The van der Waals surface area contributed by atoms with Crippen molar-refractivity contribution in [1.29, 1.82) is 0 Å². The summed E-state index contributed by atoms with van der Waals surface area (Å²) in [6.45, 7) is 5.30. The van der Waals surface area contributed by atoms with Gasteiger partial charge < -0.3 is 14.9 Å². The lowest BCUT2D eigenvalue weighted by atomic mass is 9.75. The average Bonchev–Trinajstić information content (AvgIpc) is 3.44. The molecule has 1 atom stereocenters. The second-order valence-electron chi connectivity index (χ2n) is 9.89. The van der Waals surface area contributed by atoms with E-state index in [2.05, 4.69) is 11.9 Å². The van der Waals surface area contributed by atoms with Crippen molar-refractivity contribution in [2.75, 3.05) is 18.9 Å². The Labute approximate surface area is 203 Å². The first kappa shape index (κ1) is 26.0. The van der Waals surface area contributed by atoms with E-state index in [1.54, 1.807) is 6.26 Å². The van der Waals surface area contributed by atoms with Crippen LogP contribution >= 0.6 is 11.3 Å². The first-order valence-corrected chi connectivity index (χ1v) is 13.8. The second kappa shape index (κ2) is 13.3. The molecule has 2 aromatic heterocycles. The topological polar surface area (TPSA) is 78.4 Å². The minimum atomic E-state index is -0.402. The molecule has 0 saturated carbocycles. The monoisotopic (exact) mass is 474 g/mol. The van der Waals surface area contributed by atoms with Crippen LogP contribution < -0.4 is 5.73 Å². The highest BCUT2D eigenvalue weighted by molar-refractivity contribution is 7.16. The van der Waals surface area contributed by atoms with Crippen molar-refractivity contribution in [1.82, 2.24) is 4.98 Å². The normalized spacial score (nSPS) is 15.9. The van der Waals surface area contributed by atoms with Crippen molar-refractivity contribution in [2.24, 2.45) is 5.41 Å². The van der Waals surface area contributed by atoms with Gasteiger partial charge in [-0.25, -0.2) is 4.98 Å². The highest BCUT2D eigenvalue weighted by Gasteiger charge is 2.45. The number of nitrogens with zero attached hydrogens (tertiary/aromatic N) is 1. The molecule has 0 radical (unpaired) electrons. The Balaban J connectivity index is 1.48. The van der Waals surface area contributed by atoms with Crippen LogP contribution in [0.4, 0.5) is 5.13 Å². The van der Waals surface area contributed by atoms with Gasteiger partial charge in [0.05, 0.1) is 30.8 Å². The van der Waals surface area contributed by atoms with Gasteiger partial charge in [0, 0.05) is 4.88 Å². The summed E-state index contributed by atoms with van der Waals surface area (Å²) >= 11 is 1.43. The summed E-state index contributed by atoms with van der Waals surface area (Å²) < 4.78 is 11.0. The van der Waals surface area contributed by atoms with Gasteiger partial charge in [-0.3, -0.25) is 4.79 Å². The van der Waals surface area contributed by atoms with E-state index >= 15 is 0 Å². The fourth-order valence-electron chi connectivity index (χ4n) is 4.72. The first-order chi connectivity index (χ1) is 16.0. The van der Waals surface area contributed by atoms with Crippen molar-refractivity contribution < 1.29 is 13.9 Å². The number of carbonyl (C=O) groups excluding carboxylic acids is 1. The number of Topliss-reactive ketones (excluding diaryl/α,β-unsaturated/α-hetero) is 1. The van der Waals surface area contributed by atoms with E-state index in [0.717, 1.165) is 29.8 Å². The molecule has 3 rings (SSSR count). The molecule has 1 aliphatic heterocycles. The van der Waals surface area contributed by atoms with Crippen molar-refractivity contribution in [3.63, 3.8) is 0 Å². The third kappa shape index (κ3) is 7.41. The average molecular weight is 475 g/mol. The number of furan rings is 1. The van der Waals surface area contributed by atoms with Crippen molar-refractivity contribution >= 4 is 22.3 Å². The molecular weight excluding hydrogens is 432 g/mol. The third-order valence-electron chi connectivity index (χ3n) is 6.84. The van der Waals surface area contributed by atoms with Gasteiger partial charge in [0.25, 0.3) is 0 Å². The zero-order chi connectivity index (χ0) is 23.5. The van der Waals surface area contributed by atoms with Gasteiger partial charge in [0.1, 0.15) is 5.69 Å². The molecule has 0 aromatic carbocycles. The molecule has 2 N–H and O–H groups in total. The minimum Gasteiger partial charge on any atom is -0.463 e. The van der Waals surface area contributed by atoms with Crippen LogP contribution in [0.5, 0.6) is 0 Å². The number of unbranched alkanes of at least 4 members (excludes halogenated alkanes) is 11. The fourth-order valence-corrected chi connectivity index (χ4v) is 5.69. The van der Waals surface area contributed by atoms with E-state index in [1.807, 2.05) is 19.1 Å². The Hall–Kier alpha value is -1.66. The smallest absolute Gasteiger partial charge is 0.180 e. The molecule has 184 valence electrons. The predicted molar refractivity (Wildman–Crippen MR) is 137 cm³/mol. The highest BCUT2D eigenvalue weighted by atomic mass is 32.1. The summed E-state index contributed by atoms with van der Waals surface area (Å²) in [5.74, 6) is 0.741. The molecule has 0 amide bonds. The number of carbonyl (C=O) groups is 1. The summed E-state index contributed by atoms with van der Waals surface area (Å²) in [5.41, 5.74) is 6.40. The van der Waals surface area contributed by atoms with Gasteiger partial charge in [-0.05, 0) is 25.5 Å². The zero-order valence-corrected chi connectivity index (χ0v) is 21.4. The number of aromatic nitrogens is 1. The van der Waals surface area contributed by atoms with E-state index in [9.17, 15) is 4.79 Å². The summed E-state index contributed by atoms with van der Waals surface area (Å²) in [6.07, 6.45) is 18.2. The molecule has 6 heteroatoms. The maximum absolute atomic E-state index is 13.5. The first-order valence-electron chi connectivity index (χ1n) is 13.0. The third-order valence-corrected chi connectivity index (χ3v) is 7.84. The molecule has 33 heavy (non-hydrogen) atoms. The van der Waals surface area contributed by atoms with Gasteiger partial charge >= 0.3 is 0 Å². The number of anilines is 1. The number of ether oxygens (including phenoxy) is 1. The number of rotatable bonds is 17. The van der Waals surface area contributed by atoms with E-state index in [4.69, 9.17) is 14.9 Å². The SMILES string of the molecule is CCCCCCCCCCCCCCC(C(=O)C1(C)COC1)c1sc(N)nc1-c1ccco1. The van der Waals surface area contributed by atoms with Crippen LogP contribution in [0.25, 0.3) is 11.5 Å². The fraction of sp³-hybridized carbons (Fsp3) is 0.704. The molecule has 0 aliphatic carbocycles. The molecule has 5 nitrogen and oxygen atoms in total. The predicted octanol–water partition coefficient (Wildman–Crippen LogP) is 7.77. The molecule has 1 aliphatic rings. The Morgan fingerprint density at radius 2 is 1.67 bits per heavy atom. The maximum atomic E-state index is 13.5. The van der Waals surface area contributed by atoms with E-state index in [1.165, 1.54) is 75.5 Å². The van der Waals surface area contributed by atoms with E-state index in [-0.39, 0.29) is 11.7 Å². The minimum absolute atomic E-state index is 0.197. The molecule has 0 bridgehead atoms. The number of ketones is 1. The Morgan fingerprint density at radius 1 is 1.06 bits per heavy atom. The van der Waals surface area contributed by atoms with Crippen LogP contribution in [-0.2, 0) is 9.53 Å². The van der Waals surface area contributed by atoms with Gasteiger partial charge in [0.15, 0.2) is 16.7 Å². The quantitative estimate of drug-likeness (QED) is 0.237. The lowest BCUT2D eigenvalue weighted by Crippen LogP contribution is -2.48. The molecule has 1 fully saturated rings. The number of nitrogens with two attached hydrogens (primary N) is 1. The standard InChI is InChI=1S/C27H42N2O3S/c1-3-4-5-6-7-8-9-10-11-12-13-14-16-21(25(30)27(2)19-31-20-27)24-23(29-26(28)33-24)22-17-15-18-32-22/h15,17-18,21H,3-14,16,19-20H2,1-2H3,(H2,28,29). The molecular formula is C27H42N2O3S. The van der Waals surface area contributed by atoms with Gasteiger partial charge in [-0.1, -0.05) is 84.0 Å². The maximum Gasteiger partial charge on any atom is 0.180 e. The van der Waals surface area contributed by atoms with Crippen molar-refractivity contribution in [2.45, 2.75) is 103 Å². The molecule has 1 unspecified atom stereocenters. The highest BCUT2D eigenvalue weighted by Crippen LogP contribution is 2.43. The molecule has 1 saturated heterocycles. The van der Waals surface area contributed by atoms with Crippen molar-refractivity contribution in [3.8, 4) is 11.5 Å². The number of hydrogen-bond donors (Lipinski definition) is 1. The van der Waals surface area contributed by atoms with Crippen LogP contribution in [0.3, 0.4) is 0 Å². The van der Waals surface area contributed by atoms with Gasteiger partial charge in [0.2, 0.25) is 0 Å². The molecule has 0 spiro atoms. The molecule has 2 aromatic rings. The van der Waals surface area contributed by atoms with E-state index in [0.29, 0.717) is 24.1 Å². The summed E-state index contributed by atoms with van der Waals surface area (Å²) in [5, 5.41) is 0.485. The van der Waals surface area contributed by atoms with Crippen LogP contribution in [0.1, 0.15) is 108 Å². The van der Waals surface area contributed by atoms with Crippen LogP contribution in [-0.4, -0.2) is 24.0 Å². The van der Waals surface area contributed by atoms with Crippen molar-refractivity contribution in [3.05, 3.63) is 23.3 Å². The number of nitrogen functional groups attached to an aromatic ring is 1. The Morgan fingerprint density at radius 3 is 2.18 bits per heavy atom. The zero-order valence-electron chi connectivity index (χ0n) is 20.6. The van der Waals surface area contributed by atoms with E-state index < -0.39 is 5.41 Å². The van der Waals surface area contributed by atoms with Crippen LogP contribution in [0.15, 0.2) is 22.8 Å². The van der Waals surface area contributed by atoms with Crippen LogP contribution in [0, 0.1) is 5.41 Å². The Bertz CT molecular complexity index is 827. The van der Waals surface area contributed by atoms with Crippen LogP contribution in [0.2, 0.25) is 0 Å². The summed E-state index contributed by atoms with van der Waals surface area (Å²) in [7, 11) is 0. The second-order valence-corrected chi connectivity index (χ2v) is 11.0. The lowest BCUT2D eigenvalue weighted by Gasteiger charge is -2.38. The van der Waals surface area contributed by atoms with Gasteiger partial charge in [-0.2, -0.15) is 0 Å². The largest absolute Gasteiger partial charge is 0.463 e. The molecule has 3 heterocycles.